The van der Waals surface area contributed by atoms with E-state index in [0.717, 1.165) is 70.0 Å². The van der Waals surface area contributed by atoms with Gasteiger partial charge in [0, 0.05) is 59.3 Å². The number of H-pyrrole nitrogens is 2. The molecule has 0 bridgehead atoms. The Hall–Kier alpha value is -4.11. The second-order valence-electron chi connectivity index (χ2n) is 13.4. The summed E-state index contributed by atoms with van der Waals surface area (Å²) in [7, 11) is -5.76. The monoisotopic (exact) mass is 668 g/mol. The molecule has 7 heterocycles. The molecule has 16 heteroatoms. The molecule has 4 aromatic rings. The van der Waals surface area contributed by atoms with Crippen molar-refractivity contribution in [3.63, 3.8) is 0 Å². The Morgan fingerprint density at radius 2 is 1.56 bits per heavy atom. The molecule has 48 heavy (non-hydrogen) atoms. The van der Waals surface area contributed by atoms with E-state index in [4.69, 9.17) is 14.0 Å². The zero-order valence-corrected chi connectivity index (χ0v) is 26.9. The van der Waals surface area contributed by atoms with Crippen molar-refractivity contribution < 1.29 is 32.2 Å². The first-order valence-corrected chi connectivity index (χ1v) is 18.2. The van der Waals surface area contributed by atoms with E-state index >= 15 is 0 Å². The van der Waals surface area contributed by atoms with Gasteiger partial charge in [-0.25, -0.2) is 18.4 Å². The molecule has 3 aliphatic heterocycles. The van der Waals surface area contributed by atoms with E-state index in [2.05, 4.69) is 25.3 Å². The van der Waals surface area contributed by atoms with Crippen LogP contribution in [-0.2, 0) is 19.5 Å². The zero-order valence-electron chi connectivity index (χ0n) is 26.1. The molecule has 5 aliphatic rings. The number of nitrogens with zero attached hydrogens (tertiary/aromatic N) is 3. The summed E-state index contributed by atoms with van der Waals surface area (Å²) < 4.78 is 46.4. The molecule has 1 saturated heterocycles. The van der Waals surface area contributed by atoms with Crippen molar-refractivity contribution in [3.05, 3.63) is 60.0 Å². The number of hydrogen-bond acceptors (Lipinski definition) is 9. The van der Waals surface area contributed by atoms with Crippen molar-refractivity contribution in [2.45, 2.75) is 44.6 Å². The van der Waals surface area contributed by atoms with E-state index in [9.17, 15) is 18.2 Å². The van der Waals surface area contributed by atoms with E-state index in [1.807, 2.05) is 30.5 Å². The van der Waals surface area contributed by atoms with E-state index < -0.39 is 30.2 Å². The molecule has 0 radical (unpaired) electrons. The van der Waals surface area contributed by atoms with Crippen LogP contribution in [0.5, 0.6) is 11.5 Å². The van der Waals surface area contributed by atoms with Crippen LogP contribution in [0.2, 0.25) is 0 Å². The Bertz CT molecular complexity index is 2100. The predicted octanol–water partition coefficient (Wildman–Crippen LogP) is 3.06. The zero-order chi connectivity index (χ0) is 32.6. The Morgan fingerprint density at radius 3 is 2.21 bits per heavy atom. The molecule has 13 nitrogen and oxygen atoms in total. The van der Waals surface area contributed by atoms with Crippen molar-refractivity contribution in [1.82, 2.24) is 29.6 Å². The molecule has 0 unspecified atom stereocenters. The summed E-state index contributed by atoms with van der Waals surface area (Å²) in [5.74, 6) is 4.67. The Labute approximate surface area is 277 Å². The van der Waals surface area contributed by atoms with Gasteiger partial charge in [-0.2, -0.15) is 4.31 Å². The molecule has 0 spiro atoms. The minimum absolute atomic E-state index is 0.0389. The highest BCUT2D eigenvalue weighted by Crippen LogP contribution is 2.47. The van der Waals surface area contributed by atoms with Crippen LogP contribution in [0.1, 0.15) is 49.7 Å². The second-order valence-corrected chi connectivity index (χ2v) is 15.3. The van der Waals surface area contributed by atoms with Gasteiger partial charge in [0.1, 0.15) is 22.8 Å². The van der Waals surface area contributed by atoms with Gasteiger partial charge in [-0.3, -0.25) is 4.79 Å². The van der Waals surface area contributed by atoms with Crippen molar-refractivity contribution in [1.29, 1.82) is 0 Å². The number of carbonyl (C=O) groups excluding carboxylic acids is 1. The number of nitrogens with one attached hydrogen (secondary N) is 3. The number of aromatic nitrogens is 4. The number of aromatic amines is 2. The van der Waals surface area contributed by atoms with Crippen molar-refractivity contribution in [2.24, 2.45) is 17.8 Å². The first-order valence-electron chi connectivity index (χ1n) is 16.6. The number of carbonyl (C=O) groups is 1. The Balaban J connectivity index is 0.883. The molecule has 246 valence electrons. The summed E-state index contributed by atoms with van der Waals surface area (Å²) in [6.45, 7) is 0.643. The van der Waals surface area contributed by atoms with Crippen LogP contribution < -0.4 is 14.6 Å². The van der Waals surface area contributed by atoms with E-state index in [1.165, 1.54) is 4.31 Å². The van der Waals surface area contributed by atoms with Gasteiger partial charge in [0.2, 0.25) is 15.9 Å². The number of rotatable bonds is 8. The third-order valence-electron chi connectivity index (χ3n) is 10.4. The maximum Gasteiger partial charge on any atom is 0.556 e. The minimum Gasteiger partial charge on any atom is -0.531 e. The maximum absolute atomic E-state index is 13.6. The molecular weight excluding hydrogens is 634 g/mol. The fraction of sp³-hybridized carbons (Fsp3) is 0.406. The van der Waals surface area contributed by atoms with Crippen molar-refractivity contribution >= 4 is 63.4 Å². The normalized spacial score (nSPS) is 23.1. The van der Waals surface area contributed by atoms with Crippen LogP contribution in [-0.4, -0.2) is 82.9 Å². The van der Waals surface area contributed by atoms with Gasteiger partial charge in [-0.15, -0.1) is 0 Å². The van der Waals surface area contributed by atoms with Crippen LogP contribution in [0.15, 0.2) is 48.9 Å². The number of amides is 1. The summed E-state index contributed by atoms with van der Waals surface area (Å²) in [6.07, 6.45) is 11.6. The smallest absolute Gasteiger partial charge is 0.531 e. The first-order chi connectivity index (χ1) is 23.3. The standard InChI is InChI=1S/C32H34B2N6O7S/c41-32(19-1-2-19)39-21-11-20(12-21)25-14-34(47-27-16-38-31-23(29(25)27)4-8-36-31)45-17-48(43,44)40-9-5-18(6-10-40)24-13-33(42)46-26-15-37-30-22(28(24)26)3-7-35-30/h3-4,7-8,13-16,18-21,42H,1-2,5-6,9-12,17H2,(H,35,37)(H,36,38)(H,39,41). The lowest BCUT2D eigenvalue weighted by Gasteiger charge is -2.39. The van der Waals surface area contributed by atoms with Crippen molar-refractivity contribution in [3.8, 4) is 11.5 Å². The summed E-state index contributed by atoms with van der Waals surface area (Å²) in [6, 6.07) is 4.03. The average Bonchev–Trinajstić information content (AvgIpc) is 3.61. The molecule has 2 aliphatic carbocycles. The lowest BCUT2D eigenvalue weighted by atomic mass is 9.68. The lowest BCUT2D eigenvalue weighted by molar-refractivity contribution is -0.123. The third kappa shape index (κ3) is 5.31. The topological polar surface area (TPSA) is 172 Å². The predicted molar refractivity (Wildman–Crippen MR) is 180 cm³/mol. The van der Waals surface area contributed by atoms with Gasteiger partial charge >= 0.3 is 14.2 Å². The van der Waals surface area contributed by atoms with Crippen LogP contribution in [0.4, 0.5) is 0 Å². The molecule has 4 N–H and O–H groups in total. The SMILES string of the molecule is O=C(NC1CC(C2=CB(OCS(=O)(=O)N3CCC(C4=CB(O)Oc5cnc6[nH]ccc6c54)CC3)Oc3cnc4[nH]ccc4c32)C1)C1CC1. The van der Waals surface area contributed by atoms with Crippen LogP contribution in [0.25, 0.3) is 33.2 Å². The molecule has 0 aromatic carbocycles. The van der Waals surface area contributed by atoms with E-state index in [1.54, 1.807) is 18.4 Å². The number of allylic oxidation sites excluding steroid dienone is 2. The molecule has 3 fully saturated rings. The Morgan fingerprint density at radius 1 is 0.938 bits per heavy atom. The van der Waals surface area contributed by atoms with Gasteiger partial charge in [0.05, 0.1) is 12.4 Å². The summed E-state index contributed by atoms with van der Waals surface area (Å²) in [4.78, 5) is 27.5. The van der Waals surface area contributed by atoms with Crippen LogP contribution in [0.3, 0.4) is 0 Å². The van der Waals surface area contributed by atoms with E-state index in [0.29, 0.717) is 37.4 Å². The number of fused-ring (bicyclic) bond motifs is 6. The summed E-state index contributed by atoms with van der Waals surface area (Å²) in [5, 5.41) is 15.4. The fourth-order valence-corrected chi connectivity index (χ4v) is 8.86. The van der Waals surface area contributed by atoms with Gasteiger partial charge < -0.3 is 34.3 Å². The molecule has 9 rings (SSSR count). The molecule has 2 saturated carbocycles. The highest BCUT2D eigenvalue weighted by Gasteiger charge is 2.42. The minimum atomic E-state index is -3.77. The lowest BCUT2D eigenvalue weighted by Crippen LogP contribution is -2.46. The van der Waals surface area contributed by atoms with Gasteiger partial charge in [-0.1, -0.05) is 0 Å². The summed E-state index contributed by atoms with van der Waals surface area (Å²) >= 11 is 0. The van der Waals surface area contributed by atoms with Crippen LogP contribution in [0, 0.1) is 17.8 Å². The fourth-order valence-electron chi connectivity index (χ4n) is 7.63. The number of piperidine rings is 1. The quantitative estimate of drug-likeness (QED) is 0.206. The van der Waals surface area contributed by atoms with Gasteiger partial charge in [-0.05, 0) is 85.6 Å². The molecule has 1 amide bonds. The third-order valence-corrected chi connectivity index (χ3v) is 11.9. The van der Waals surface area contributed by atoms with Gasteiger partial charge in [0.25, 0.3) is 0 Å². The number of hydrogen-bond donors (Lipinski definition) is 4. The number of pyridine rings is 2. The number of sulfonamides is 1. The largest absolute Gasteiger partial charge is 0.556 e. The second kappa shape index (κ2) is 11.5. The highest BCUT2D eigenvalue weighted by molar-refractivity contribution is 7.88. The maximum atomic E-state index is 13.6. The van der Waals surface area contributed by atoms with Gasteiger partial charge in [0.15, 0.2) is 5.94 Å². The molecule has 4 aromatic heterocycles. The molecule has 0 atom stereocenters. The van der Waals surface area contributed by atoms with Crippen LogP contribution >= 0.6 is 0 Å². The summed E-state index contributed by atoms with van der Waals surface area (Å²) in [5.41, 5.74) is 5.28. The first kappa shape index (κ1) is 30.0. The van der Waals surface area contributed by atoms with Crippen molar-refractivity contribution in [2.75, 3.05) is 19.0 Å². The highest BCUT2D eigenvalue weighted by atomic mass is 32.2. The average molecular weight is 668 g/mol. The van der Waals surface area contributed by atoms with E-state index in [-0.39, 0.29) is 29.7 Å². The molecular formula is C32H34B2N6O7S. The Kier molecular flexibility index (Phi) is 7.19.